The van der Waals surface area contributed by atoms with E-state index in [0.717, 1.165) is 19.5 Å². The van der Waals surface area contributed by atoms with Gasteiger partial charge < -0.3 is 10.2 Å². The molecule has 1 heterocycles. The third-order valence-electron chi connectivity index (χ3n) is 2.44. The van der Waals surface area contributed by atoms with Crippen molar-refractivity contribution < 1.29 is 4.79 Å². The normalized spacial score (nSPS) is 32.3. The maximum atomic E-state index is 11.3. The van der Waals surface area contributed by atoms with Crippen molar-refractivity contribution in [2.24, 2.45) is 5.41 Å². The number of hydrogen-bond donors (Lipinski definition) is 1. The minimum atomic E-state index is -0.149. The van der Waals surface area contributed by atoms with E-state index in [4.69, 9.17) is 0 Å². The van der Waals surface area contributed by atoms with E-state index in [1.807, 2.05) is 14.0 Å². The SMILES string of the molecule is CNC(=O)C1(C)CCN(C)C1. The number of nitrogens with zero attached hydrogens (tertiary/aromatic N) is 1. The molecule has 1 rings (SSSR count). The van der Waals surface area contributed by atoms with Gasteiger partial charge in [0.15, 0.2) is 0 Å². The van der Waals surface area contributed by atoms with Crippen LogP contribution in [0.25, 0.3) is 0 Å². The standard InChI is InChI=1S/C8H16N2O/c1-8(7(11)9-2)4-5-10(3)6-8/h4-6H2,1-3H3,(H,9,11). The summed E-state index contributed by atoms with van der Waals surface area (Å²) in [7, 11) is 3.75. The molecule has 0 bridgehead atoms. The Morgan fingerprint density at radius 2 is 2.27 bits per heavy atom. The summed E-state index contributed by atoms with van der Waals surface area (Å²) in [6.45, 7) is 3.94. The van der Waals surface area contributed by atoms with Crippen LogP contribution in [0.3, 0.4) is 0 Å². The third-order valence-corrected chi connectivity index (χ3v) is 2.44. The lowest BCUT2D eigenvalue weighted by molar-refractivity contribution is -0.129. The van der Waals surface area contributed by atoms with Gasteiger partial charge in [-0.1, -0.05) is 0 Å². The highest BCUT2D eigenvalue weighted by Gasteiger charge is 2.38. The molecule has 1 atom stereocenters. The van der Waals surface area contributed by atoms with E-state index in [0.29, 0.717) is 0 Å². The molecular formula is C8H16N2O. The molecule has 0 saturated carbocycles. The van der Waals surface area contributed by atoms with Gasteiger partial charge in [-0.3, -0.25) is 4.79 Å². The molecule has 1 aliphatic rings. The zero-order valence-electron chi connectivity index (χ0n) is 7.48. The van der Waals surface area contributed by atoms with Gasteiger partial charge in [0, 0.05) is 13.6 Å². The number of nitrogens with one attached hydrogen (secondary N) is 1. The number of carbonyl (C=O) groups excluding carboxylic acids is 1. The highest BCUT2D eigenvalue weighted by molar-refractivity contribution is 5.82. The lowest BCUT2D eigenvalue weighted by atomic mass is 9.89. The second kappa shape index (κ2) is 2.81. The van der Waals surface area contributed by atoms with Crippen molar-refractivity contribution in [3.63, 3.8) is 0 Å². The fraction of sp³-hybridized carbons (Fsp3) is 0.875. The lowest BCUT2D eigenvalue weighted by Crippen LogP contribution is -2.38. The quantitative estimate of drug-likeness (QED) is 0.583. The topological polar surface area (TPSA) is 32.3 Å². The van der Waals surface area contributed by atoms with Crippen LogP contribution in [0.5, 0.6) is 0 Å². The molecular weight excluding hydrogens is 140 g/mol. The van der Waals surface area contributed by atoms with E-state index in [1.54, 1.807) is 7.05 Å². The van der Waals surface area contributed by atoms with Crippen LogP contribution in [0.2, 0.25) is 0 Å². The maximum absolute atomic E-state index is 11.3. The summed E-state index contributed by atoms with van der Waals surface area (Å²) in [5.74, 6) is 0.168. The number of hydrogen-bond acceptors (Lipinski definition) is 2. The van der Waals surface area contributed by atoms with Gasteiger partial charge in [-0.15, -0.1) is 0 Å². The van der Waals surface area contributed by atoms with Gasteiger partial charge in [-0.2, -0.15) is 0 Å². The Morgan fingerprint density at radius 3 is 2.64 bits per heavy atom. The molecule has 0 aliphatic carbocycles. The molecule has 64 valence electrons. The number of likely N-dealkylation sites (tertiary alicyclic amines) is 1. The van der Waals surface area contributed by atoms with Crippen LogP contribution in [-0.2, 0) is 4.79 Å². The molecule has 1 saturated heterocycles. The summed E-state index contributed by atoms with van der Waals surface area (Å²) in [5, 5.41) is 2.70. The summed E-state index contributed by atoms with van der Waals surface area (Å²) in [6, 6.07) is 0. The average molecular weight is 156 g/mol. The zero-order chi connectivity index (χ0) is 8.48. The van der Waals surface area contributed by atoms with E-state index < -0.39 is 0 Å². The number of amides is 1. The summed E-state index contributed by atoms with van der Waals surface area (Å²) in [6.07, 6.45) is 0.975. The van der Waals surface area contributed by atoms with Crippen LogP contribution in [0.15, 0.2) is 0 Å². The fourth-order valence-corrected chi connectivity index (χ4v) is 1.68. The van der Waals surface area contributed by atoms with E-state index >= 15 is 0 Å². The van der Waals surface area contributed by atoms with Gasteiger partial charge in [-0.25, -0.2) is 0 Å². The Bertz CT molecular complexity index is 169. The van der Waals surface area contributed by atoms with E-state index in [-0.39, 0.29) is 11.3 Å². The molecule has 0 aromatic heterocycles. The smallest absolute Gasteiger partial charge is 0.227 e. The monoisotopic (exact) mass is 156 g/mol. The third kappa shape index (κ3) is 1.53. The molecule has 0 spiro atoms. The van der Waals surface area contributed by atoms with Crippen molar-refractivity contribution in [1.82, 2.24) is 10.2 Å². The summed E-state index contributed by atoms with van der Waals surface area (Å²) in [5.41, 5.74) is -0.149. The minimum absolute atomic E-state index is 0.149. The Kier molecular flexibility index (Phi) is 2.18. The molecule has 0 aromatic carbocycles. The molecule has 1 amide bonds. The van der Waals surface area contributed by atoms with Gasteiger partial charge in [-0.05, 0) is 26.9 Å². The molecule has 0 aromatic rings. The summed E-state index contributed by atoms with van der Waals surface area (Å²) >= 11 is 0. The van der Waals surface area contributed by atoms with Gasteiger partial charge in [0.1, 0.15) is 0 Å². The maximum Gasteiger partial charge on any atom is 0.227 e. The number of rotatable bonds is 1. The first-order valence-corrected chi connectivity index (χ1v) is 3.99. The van der Waals surface area contributed by atoms with E-state index in [9.17, 15) is 4.79 Å². The van der Waals surface area contributed by atoms with Crippen molar-refractivity contribution in [2.75, 3.05) is 27.2 Å². The predicted octanol–water partition coefficient (Wildman–Crippen LogP) is 0.0742. The molecule has 3 heteroatoms. The van der Waals surface area contributed by atoms with Gasteiger partial charge >= 0.3 is 0 Å². The molecule has 1 aliphatic heterocycles. The Hall–Kier alpha value is -0.570. The van der Waals surface area contributed by atoms with E-state index in [2.05, 4.69) is 10.2 Å². The van der Waals surface area contributed by atoms with Crippen molar-refractivity contribution >= 4 is 5.91 Å². The van der Waals surface area contributed by atoms with Gasteiger partial charge in [0.25, 0.3) is 0 Å². The Balaban J connectivity index is 2.61. The van der Waals surface area contributed by atoms with Crippen LogP contribution >= 0.6 is 0 Å². The van der Waals surface area contributed by atoms with Crippen molar-refractivity contribution in [3.8, 4) is 0 Å². The molecule has 1 fully saturated rings. The fourth-order valence-electron chi connectivity index (χ4n) is 1.68. The first kappa shape index (κ1) is 8.53. The highest BCUT2D eigenvalue weighted by atomic mass is 16.2. The first-order chi connectivity index (χ1) is 5.08. The van der Waals surface area contributed by atoms with Crippen LogP contribution in [-0.4, -0.2) is 38.0 Å². The Morgan fingerprint density at radius 1 is 1.64 bits per heavy atom. The van der Waals surface area contributed by atoms with E-state index in [1.165, 1.54) is 0 Å². The summed E-state index contributed by atoms with van der Waals surface area (Å²) < 4.78 is 0. The zero-order valence-corrected chi connectivity index (χ0v) is 7.48. The van der Waals surface area contributed by atoms with Gasteiger partial charge in [0.2, 0.25) is 5.91 Å². The highest BCUT2D eigenvalue weighted by Crippen LogP contribution is 2.28. The van der Waals surface area contributed by atoms with Crippen LogP contribution in [0, 0.1) is 5.41 Å². The minimum Gasteiger partial charge on any atom is -0.359 e. The second-order valence-electron chi connectivity index (χ2n) is 3.63. The molecule has 0 radical (unpaired) electrons. The largest absolute Gasteiger partial charge is 0.359 e. The van der Waals surface area contributed by atoms with Crippen molar-refractivity contribution in [3.05, 3.63) is 0 Å². The summed E-state index contributed by atoms with van der Waals surface area (Å²) in [4.78, 5) is 13.5. The second-order valence-corrected chi connectivity index (χ2v) is 3.63. The average Bonchev–Trinajstić information content (AvgIpc) is 2.31. The number of carbonyl (C=O) groups is 1. The molecule has 1 unspecified atom stereocenters. The van der Waals surface area contributed by atoms with Crippen LogP contribution in [0.4, 0.5) is 0 Å². The van der Waals surface area contributed by atoms with Gasteiger partial charge in [0.05, 0.1) is 5.41 Å². The molecule has 3 nitrogen and oxygen atoms in total. The van der Waals surface area contributed by atoms with Crippen LogP contribution in [0.1, 0.15) is 13.3 Å². The molecule has 1 N–H and O–H groups in total. The Labute approximate surface area is 67.8 Å². The van der Waals surface area contributed by atoms with Crippen molar-refractivity contribution in [1.29, 1.82) is 0 Å². The molecule has 11 heavy (non-hydrogen) atoms. The predicted molar refractivity (Wildman–Crippen MR) is 44.3 cm³/mol. The first-order valence-electron chi connectivity index (χ1n) is 3.99. The van der Waals surface area contributed by atoms with Crippen molar-refractivity contribution in [2.45, 2.75) is 13.3 Å². The lowest BCUT2D eigenvalue weighted by Gasteiger charge is -2.20. The van der Waals surface area contributed by atoms with Crippen LogP contribution < -0.4 is 5.32 Å².